The zero-order chi connectivity index (χ0) is 13.7. The SMILES string of the molecule is CC.NCCC1=C2Oc3ccccc3C=C2C=CC1. The van der Waals surface area contributed by atoms with Gasteiger partial charge in [-0.3, -0.25) is 0 Å². The number of hydrogen-bond donors (Lipinski definition) is 1. The second-order valence-corrected chi connectivity index (χ2v) is 4.32. The van der Waals surface area contributed by atoms with E-state index in [-0.39, 0.29) is 0 Å². The summed E-state index contributed by atoms with van der Waals surface area (Å²) in [4.78, 5) is 0. The summed E-state index contributed by atoms with van der Waals surface area (Å²) >= 11 is 0. The number of ether oxygens (including phenoxy) is 1. The number of fused-ring (bicyclic) bond motifs is 2. The first-order valence-corrected chi connectivity index (χ1v) is 6.96. The van der Waals surface area contributed by atoms with Crippen LogP contribution in [0.15, 0.2) is 53.3 Å². The maximum absolute atomic E-state index is 6.01. The van der Waals surface area contributed by atoms with E-state index in [0.717, 1.165) is 29.9 Å². The fourth-order valence-corrected chi connectivity index (χ4v) is 2.31. The minimum atomic E-state index is 0.672. The predicted octanol–water partition coefficient (Wildman–Crippen LogP) is 4.05. The van der Waals surface area contributed by atoms with Crippen LogP contribution in [0.5, 0.6) is 5.75 Å². The Labute approximate surface area is 115 Å². The van der Waals surface area contributed by atoms with Gasteiger partial charge >= 0.3 is 0 Å². The molecule has 0 fully saturated rings. The molecule has 0 spiro atoms. The van der Waals surface area contributed by atoms with Crippen molar-refractivity contribution in [2.75, 3.05) is 6.54 Å². The molecule has 0 bridgehead atoms. The number of benzene rings is 1. The maximum atomic E-state index is 6.01. The van der Waals surface area contributed by atoms with Crippen LogP contribution >= 0.6 is 0 Å². The summed E-state index contributed by atoms with van der Waals surface area (Å²) in [5.41, 5.74) is 9.25. The molecule has 1 aliphatic carbocycles. The molecular weight excluding hydrogens is 234 g/mol. The van der Waals surface area contributed by atoms with Gasteiger partial charge in [-0.05, 0) is 37.1 Å². The third-order valence-corrected chi connectivity index (χ3v) is 3.13. The monoisotopic (exact) mass is 255 g/mol. The van der Waals surface area contributed by atoms with E-state index in [1.165, 1.54) is 11.1 Å². The first-order valence-electron chi connectivity index (χ1n) is 6.96. The quantitative estimate of drug-likeness (QED) is 0.865. The number of allylic oxidation sites excluding steroid dienone is 2. The normalized spacial score (nSPS) is 15.6. The minimum absolute atomic E-state index is 0.672. The van der Waals surface area contributed by atoms with Crippen molar-refractivity contribution in [1.29, 1.82) is 0 Å². The molecule has 1 heterocycles. The number of hydrogen-bond acceptors (Lipinski definition) is 2. The average molecular weight is 255 g/mol. The van der Waals surface area contributed by atoms with Gasteiger partial charge in [0.25, 0.3) is 0 Å². The van der Waals surface area contributed by atoms with E-state index < -0.39 is 0 Å². The molecular formula is C17H21NO. The van der Waals surface area contributed by atoms with E-state index in [9.17, 15) is 0 Å². The second-order valence-electron chi connectivity index (χ2n) is 4.32. The van der Waals surface area contributed by atoms with Gasteiger partial charge in [-0.25, -0.2) is 0 Å². The molecule has 3 rings (SSSR count). The zero-order valence-corrected chi connectivity index (χ0v) is 11.6. The molecule has 0 saturated carbocycles. The minimum Gasteiger partial charge on any atom is -0.456 e. The molecule has 1 aliphatic heterocycles. The van der Waals surface area contributed by atoms with Crippen molar-refractivity contribution in [3.05, 3.63) is 58.9 Å². The van der Waals surface area contributed by atoms with Crippen molar-refractivity contribution >= 4 is 6.08 Å². The van der Waals surface area contributed by atoms with Gasteiger partial charge in [0.15, 0.2) is 0 Å². The van der Waals surface area contributed by atoms with Crippen LogP contribution in [0, 0.1) is 0 Å². The maximum Gasteiger partial charge on any atom is 0.134 e. The Balaban J connectivity index is 0.000000637. The smallest absolute Gasteiger partial charge is 0.134 e. The first kappa shape index (κ1) is 13.6. The number of nitrogens with two attached hydrogens (primary N) is 1. The molecule has 0 radical (unpaired) electrons. The molecule has 2 N–H and O–H groups in total. The molecule has 19 heavy (non-hydrogen) atoms. The van der Waals surface area contributed by atoms with Gasteiger partial charge in [0.1, 0.15) is 11.5 Å². The van der Waals surface area contributed by atoms with Crippen LogP contribution in [0.1, 0.15) is 32.3 Å². The lowest BCUT2D eigenvalue weighted by Crippen LogP contribution is -2.12. The molecule has 0 amide bonds. The summed E-state index contributed by atoms with van der Waals surface area (Å²) in [6, 6.07) is 8.11. The summed E-state index contributed by atoms with van der Waals surface area (Å²) in [7, 11) is 0. The largest absolute Gasteiger partial charge is 0.456 e. The Bertz CT molecular complexity index is 538. The van der Waals surface area contributed by atoms with Gasteiger partial charge < -0.3 is 10.5 Å². The first-order chi connectivity index (χ1) is 9.38. The van der Waals surface area contributed by atoms with Crippen molar-refractivity contribution in [3.63, 3.8) is 0 Å². The van der Waals surface area contributed by atoms with Gasteiger partial charge in [0, 0.05) is 11.1 Å². The lowest BCUT2D eigenvalue weighted by molar-refractivity contribution is 0.422. The topological polar surface area (TPSA) is 35.2 Å². The van der Waals surface area contributed by atoms with Gasteiger partial charge in [-0.1, -0.05) is 44.2 Å². The highest BCUT2D eigenvalue weighted by Gasteiger charge is 2.20. The van der Waals surface area contributed by atoms with Crippen LogP contribution in [0.2, 0.25) is 0 Å². The standard InChI is InChI=1S/C15H15NO.C2H6/c16-9-8-11-5-3-6-13-10-12-4-1-2-7-14(12)17-15(11)13;1-2/h1-4,6-7,10H,5,8-9,16H2;1-2H3. The molecule has 0 unspecified atom stereocenters. The Morgan fingerprint density at radius 2 is 2.00 bits per heavy atom. The molecule has 2 nitrogen and oxygen atoms in total. The van der Waals surface area contributed by atoms with Gasteiger partial charge in [0.05, 0.1) is 0 Å². The molecule has 0 aromatic heterocycles. The van der Waals surface area contributed by atoms with Crippen molar-refractivity contribution in [3.8, 4) is 5.75 Å². The third-order valence-electron chi connectivity index (χ3n) is 3.13. The van der Waals surface area contributed by atoms with Crippen molar-refractivity contribution in [2.45, 2.75) is 26.7 Å². The van der Waals surface area contributed by atoms with Crippen LogP contribution in [0.4, 0.5) is 0 Å². The summed E-state index contributed by atoms with van der Waals surface area (Å²) < 4.78 is 6.01. The summed E-state index contributed by atoms with van der Waals surface area (Å²) in [6.45, 7) is 4.67. The average Bonchev–Trinajstić information content (AvgIpc) is 2.48. The second kappa shape index (κ2) is 6.39. The number of para-hydroxylation sites is 1. The third kappa shape index (κ3) is 2.79. The van der Waals surface area contributed by atoms with Crippen molar-refractivity contribution in [2.24, 2.45) is 5.73 Å². The highest BCUT2D eigenvalue weighted by atomic mass is 16.5. The molecule has 1 aromatic rings. The molecule has 2 aliphatic rings. The fourth-order valence-electron chi connectivity index (χ4n) is 2.31. The zero-order valence-electron chi connectivity index (χ0n) is 11.6. The van der Waals surface area contributed by atoms with E-state index in [1.54, 1.807) is 0 Å². The summed E-state index contributed by atoms with van der Waals surface area (Å²) in [5.74, 6) is 1.95. The Kier molecular flexibility index (Phi) is 4.58. The molecule has 0 atom stereocenters. The van der Waals surface area contributed by atoms with Crippen LogP contribution < -0.4 is 10.5 Å². The Morgan fingerprint density at radius 3 is 2.79 bits per heavy atom. The van der Waals surface area contributed by atoms with Gasteiger partial charge in [0.2, 0.25) is 0 Å². The van der Waals surface area contributed by atoms with Gasteiger partial charge in [-0.2, -0.15) is 0 Å². The van der Waals surface area contributed by atoms with E-state index in [1.807, 2.05) is 32.0 Å². The molecule has 2 heteroatoms. The van der Waals surface area contributed by atoms with Gasteiger partial charge in [-0.15, -0.1) is 0 Å². The summed E-state index contributed by atoms with van der Waals surface area (Å²) in [6.07, 6.45) is 8.34. The molecule has 100 valence electrons. The van der Waals surface area contributed by atoms with Crippen molar-refractivity contribution in [1.82, 2.24) is 0 Å². The lowest BCUT2D eigenvalue weighted by Gasteiger charge is -2.24. The van der Waals surface area contributed by atoms with E-state index in [2.05, 4.69) is 24.3 Å². The fraction of sp³-hybridized carbons (Fsp3) is 0.294. The predicted molar refractivity (Wildman–Crippen MR) is 80.8 cm³/mol. The van der Waals surface area contributed by atoms with Crippen molar-refractivity contribution < 1.29 is 4.74 Å². The molecule has 0 saturated heterocycles. The van der Waals surface area contributed by atoms with E-state index in [4.69, 9.17) is 10.5 Å². The van der Waals surface area contributed by atoms with E-state index >= 15 is 0 Å². The van der Waals surface area contributed by atoms with Crippen LogP contribution in [0.3, 0.4) is 0 Å². The highest BCUT2D eigenvalue weighted by Crippen LogP contribution is 2.36. The summed E-state index contributed by atoms with van der Waals surface area (Å²) in [5, 5.41) is 0. The van der Waals surface area contributed by atoms with E-state index in [0.29, 0.717) is 6.54 Å². The Hall–Kier alpha value is -1.80. The lowest BCUT2D eigenvalue weighted by atomic mass is 9.94. The highest BCUT2D eigenvalue weighted by molar-refractivity contribution is 5.70. The molecule has 1 aromatic carbocycles. The van der Waals surface area contributed by atoms with Crippen LogP contribution in [-0.2, 0) is 0 Å². The van der Waals surface area contributed by atoms with Crippen LogP contribution in [-0.4, -0.2) is 6.54 Å². The van der Waals surface area contributed by atoms with Crippen LogP contribution in [0.25, 0.3) is 6.08 Å². The number of rotatable bonds is 2. The Morgan fingerprint density at radius 1 is 1.21 bits per heavy atom.